The van der Waals surface area contributed by atoms with E-state index >= 15 is 0 Å². The lowest BCUT2D eigenvalue weighted by Crippen LogP contribution is -2.46. The molecule has 0 spiro atoms. The van der Waals surface area contributed by atoms with E-state index in [2.05, 4.69) is 10.6 Å². The summed E-state index contributed by atoms with van der Waals surface area (Å²) in [5, 5.41) is 7.81. The molecule has 0 saturated carbocycles. The van der Waals surface area contributed by atoms with Crippen LogP contribution in [0.1, 0.15) is 25.6 Å². The van der Waals surface area contributed by atoms with Gasteiger partial charge in [0.25, 0.3) is 5.91 Å². The van der Waals surface area contributed by atoms with Gasteiger partial charge in [0.1, 0.15) is 0 Å². The standard InChI is InChI=1S/C20H18N2O2S/c1-14-8-5-6-11-16(14)21-19(18(23)17-12-7-13-25-17)22-20(24)15-9-3-2-4-10-15/h2-13,19,21H,1H3,(H,22,24)/t19-/m1/s1. The van der Waals surface area contributed by atoms with E-state index in [4.69, 9.17) is 0 Å². The van der Waals surface area contributed by atoms with Gasteiger partial charge in [0.05, 0.1) is 4.88 Å². The molecule has 0 aliphatic carbocycles. The first-order valence-electron chi connectivity index (χ1n) is 7.91. The largest absolute Gasteiger partial charge is 0.359 e. The molecule has 0 unspecified atom stereocenters. The first-order chi connectivity index (χ1) is 12.1. The van der Waals surface area contributed by atoms with Crippen LogP contribution in [0, 0.1) is 6.92 Å². The lowest BCUT2D eigenvalue weighted by atomic mass is 10.1. The minimum absolute atomic E-state index is 0.164. The van der Waals surface area contributed by atoms with Crippen molar-refractivity contribution in [2.75, 3.05) is 5.32 Å². The fourth-order valence-electron chi connectivity index (χ4n) is 2.42. The number of benzene rings is 2. The van der Waals surface area contributed by atoms with Crippen LogP contribution in [0.5, 0.6) is 0 Å². The van der Waals surface area contributed by atoms with Gasteiger partial charge < -0.3 is 10.6 Å². The number of carbonyl (C=O) groups is 2. The minimum atomic E-state index is -0.840. The van der Waals surface area contributed by atoms with Crippen molar-refractivity contribution in [1.29, 1.82) is 0 Å². The van der Waals surface area contributed by atoms with Gasteiger partial charge in [-0.05, 0) is 42.1 Å². The number of nitrogens with one attached hydrogen (secondary N) is 2. The molecule has 0 saturated heterocycles. The summed E-state index contributed by atoms with van der Waals surface area (Å²) in [6, 6.07) is 20.1. The molecule has 126 valence electrons. The van der Waals surface area contributed by atoms with Gasteiger partial charge in [0, 0.05) is 11.3 Å². The van der Waals surface area contributed by atoms with E-state index in [9.17, 15) is 9.59 Å². The van der Waals surface area contributed by atoms with E-state index in [-0.39, 0.29) is 11.7 Å². The van der Waals surface area contributed by atoms with E-state index in [0.29, 0.717) is 10.4 Å². The van der Waals surface area contributed by atoms with Crippen LogP contribution in [0.15, 0.2) is 72.1 Å². The van der Waals surface area contributed by atoms with Crippen LogP contribution in [0.4, 0.5) is 5.69 Å². The topological polar surface area (TPSA) is 58.2 Å². The van der Waals surface area contributed by atoms with Crippen LogP contribution in [0.3, 0.4) is 0 Å². The van der Waals surface area contributed by atoms with Gasteiger partial charge in [-0.1, -0.05) is 42.5 Å². The Morgan fingerprint density at radius 2 is 1.64 bits per heavy atom. The average molecular weight is 350 g/mol. The second-order valence-corrected chi connectivity index (χ2v) is 6.52. The highest BCUT2D eigenvalue weighted by Gasteiger charge is 2.23. The molecule has 1 aromatic heterocycles. The molecule has 2 aromatic carbocycles. The Kier molecular flexibility index (Phi) is 5.26. The van der Waals surface area contributed by atoms with Gasteiger partial charge in [-0.3, -0.25) is 9.59 Å². The van der Waals surface area contributed by atoms with Crippen molar-refractivity contribution >= 4 is 28.7 Å². The molecule has 0 radical (unpaired) electrons. The summed E-state index contributed by atoms with van der Waals surface area (Å²) in [6.45, 7) is 1.95. The maximum absolute atomic E-state index is 12.8. The van der Waals surface area contributed by atoms with Crippen LogP contribution in [-0.2, 0) is 0 Å². The van der Waals surface area contributed by atoms with Crippen molar-refractivity contribution in [3.8, 4) is 0 Å². The molecule has 0 bridgehead atoms. The maximum Gasteiger partial charge on any atom is 0.253 e. The number of thiophene rings is 1. The molecular formula is C20H18N2O2S. The highest BCUT2D eigenvalue weighted by atomic mass is 32.1. The Balaban J connectivity index is 1.85. The zero-order valence-electron chi connectivity index (χ0n) is 13.7. The third kappa shape index (κ3) is 4.14. The average Bonchev–Trinajstić information content (AvgIpc) is 3.17. The molecule has 5 heteroatoms. The zero-order valence-corrected chi connectivity index (χ0v) is 14.5. The number of rotatable bonds is 6. The number of amides is 1. The van der Waals surface area contributed by atoms with Gasteiger partial charge in [0.2, 0.25) is 5.78 Å². The monoisotopic (exact) mass is 350 g/mol. The van der Waals surface area contributed by atoms with Gasteiger partial charge in [-0.25, -0.2) is 0 Å². The smallest absolute Gasteiger partial charge is 0.253 e. The first-order valence-corrected chi connectivity index (χ1v) is 8.79. The van der Waals surface area contributed by atoms with Crippen LogP contribution in [-0.4, -0.2) is 17.9 Å². The number of ketones is 1. The number of para-hydroxylation sites is 1. The molecule has 0 aliphatic rings. The van der Waals surface area contributed by atoms with Crippen LogP contribution in [0.25, 0.3) is 0 Å². The molecule has 1 amide bonds. The second-order valence-electron chi connectivity index (χ2n) is 5.57. The molecule has 4 nitrogen and oxygen atoms in total. The van der Waals surface area contributed by atoms with Crippen molar-refractivity contribution in [2.45, 2.75) is 13.1 Å². The second kappa shape index (κ2) is 7.77. The van der Waals surface area contributed by atoms with E-state index in [1.54, 1.807) is 30.3 Å². The maximum atomic E-state index is 12.8. The number of anilines is 1. The van der Waals surface area contributed by atoms with Crippen molar-refractivity contribution in [3.63, 3.8) is 0 Å². The van der Waals surface area contributed by atoms with Gasteiger partial charge in [0.15, 0.2) is 6.17 Å². The third-order valence-electron chi connectivity index (χ3n) is 3.78. The van der Waals surface area contributed by atoms with E-state index in [1.165, 1.54) is 11.3 Å². The predicted octanol–water partition coefficient (Wildman–Crippen LogP) is 4.11. The van der Waals surface area contributed by atoms with Gasteiger partial charge in [-0.2, -0.15) is 0 Å². The number of hydrogen-bond acceptors (Lipinski definition) is 4. The van der Waals surface area contributed by atoms with Crippen molar-refractivity contribution in [2.24, 2.45) is 0 Å². The highest BCUT2D eigenvalue weighted by molar-refractivity contribution is 7.12. The van der Waals surface area contributed by atoms with Crippen molar-refractivity contribution in [1.82, 2.24) is 5.32 Å². The molecule has 1 atom stereocenters. The first kappa shape index (κ1) is 16.9. The molecule has 25 heavy (non-hydrogen) atoms. The minimum Gasteiger partial charge on any atom is -0.359 e. The SMILES string of the molecule is Cc1ccccc1N[C@H](NC(=O)c1ccccc1)C(=O)c1cccs1. The fraction of sp³-hybridized carbons (Fsp3) is 0.100. The third-order valence-corrected chi connectivity index (χ3v) is 4.67. The zero-order chi connectivity index (χ0) is 17.6. The molecule has 1 heterocycles. The summed E-state index contributed by atoms with van der Waals surface area (Å²) in [7, 11) is 0. The summed E-state index contributed by atoms with van der Waals surface area (Å²) in [5.74, 6) is -0.459. The molecule has 0 fully saturated rings. The summed E-state index contributed by atoms with van der Waals surface area (Å²) >= 11 is 1.36. The van der Waals surface area contributed by atoms with Gasteiger partial charge >= 0.3 is 0 Å². The van der Waals surface area contributed by atoms with Gasteiger partial charge in [-0.15, -0.1) is 11.3 Å². The predicted molar refractivity (Wildman–Crippen MR) is 101 cm³/mol. The quantitative estimate of drug-likeness (QED) is 0.520. The molecular weight excluding hydrogens is 332 g/mol. The number of carbonyl (C=O) groups excluding carboxylic acids is 2. The number of aryl methyl sites for hydroxylation is 1. The Hall–Kier alpha value is -2.92. The normalized spacial score (nSPS) is 11.6. The Bertz CT molecular complexity index is 860. The highest BCUT2D eigenvalue weighted by Crippen LogP contribution is 2.17. The van der Waals surface area contributed by atoms with Crippen LogP contribution >= 0.6 is 11.3 Å². The lowest BCUT2D eigenvalue weighted by molar-refractivity contribution is 0.0871. The molecule has 0 aliphatic heterocycles. The Morgan fingerprint density at radius 3 is 2.32 bits per heavy atom. The summed E-state index contributed by atoms with van der Waals surface area (Å²) in [6.07, 6.45) is -0.840. The van der Waals surface area contributed by atoms with E-state index in [0.717, 1.165) is 11.3 Å². The van der Waals surface area contributed by atoms with Crippen molar-refractivity contribution < 1.29 is 9.59 Å². The molecule has 3 aromatic rings. The molecule has 2 N–H and O–H groups in total. The fourth-order valence-corrected chi connectivity index (χ4v) is 3.12. The summed E-state index contributed by atoms with van der Waals surface area (Å²) < 4.78 is 0. The molecule has 3 rings (SSSR count). The van der Waals surface area contributed by atoms with Crippen LogP contribution < -0.4 is 10.6 Å². The summed E-state index contributed by atoms with van der Waals surface area (Å²) in [5.41, 5.74) is 2.32. The Morgan fingerprint density at radius 1 is 0.920 bits per heavy atom. The van der Waals surface area contributed by atoms with Crippen molar-refractivity contribution in [3.05, 3.63) is 88.1 Å². The van der Waals surface area contributed by atoms with E-state index < -0.39 is 6.17 Å². The number of Topliss-reactive ketones (excluding diaryl/α,β-unsaturated/α-hetero) is 1. The Labute approximate surface area is 150 Å². The summed E-state index contributed by atoms with van der Waals surface area (Å²) in [4.78, 5) is 25.9. The number of hydrogen-bond donors (Lipinski definition) is 2. The van der Waals surface area contributed by atoms with E-state index in [1.807, 2.05) is 48.7 Å². The lowest BCUT2D eigenvalue weighted by Gasteiger charge is -2.21. The van der Waals surface area contributed by atoms with Crippen LogP contribution in [0.2, 0.25) is 0 Å².